The Morgan fingerprint density at radius 3 is 2.89 bits per heavy atom. The van der Waals surface area contributed by atoms with E-state index in [0.29, 0.717) is 0 Å². The molecule has 0 aromatic heterocycles. The molecule has 0 saturated carbocycles. The lowest BCUT2D eigenvalue weighted by Crippen LogP contribution is -2.52. The molecule has 1 N–H and O–H groups in total. The minimum absolute atomic E-state index is 0.794. The van der Waals surface area contributed by atoms with Gasteiger partial charge in [-0.05, 0) is 62.2 Å². The van der Waals surface area contributed by atoms with Crippen LogP contribution in [0.25, 0.3) is 0 Å². The monoisotopic (exact) mass is 256 g/mol. The predicted octanol–water partition coefficient (Wildman–Crippen LogP) is 2.23. The molecule has 1 aliphatic carbocycles. The van der Waals surface area contributed by atoms with E-state index < -0.39 is 0 Å². The number of hydrogen-bond donors (Lipinski definition) is 1. The van der Waals surface area contributed by atoms with Crippen molar-refractivity contribution in [3.05, 3.63) is 35.4 Å². The van der Waals surface area contributed by atoms with Crippen molar-refractivity contribution in [3.8, 4) is 0 Å². The summed E-state index contributed by atoms with van der Waals surface area (Å²) in [4.78, 5) is 2.85. The lowest BCUT2D eigenvalue weighted by atomic mass is 9.84. The summed E-state index contributed by atoms with van der Waals surface area (Å²) in [7, 11) is 0. The topological polar surface area (TPSA) is 15.3 Å². The fourth-order valence-electron chi connectivity index (χ4n) is 4.52. The molecule has 3 unspecified atom stereocenters. The highest BCUT2D eigenvalue weighted by Gasteiger charge is 2.38. The summed E-state index contributed by atoms with van der Waals surface area (Å²) in [6, 6.07) is 10.7. The van der Waals surface area contributed by atoms with Gasteiger partial charge in [0.05, 0.1) is 0 Å². The first-order valence-electron chi connectivity index (χ1n) is 7.95. The highest BCUT2D eigenvalue weighted by atomic mass is 15.2. The zero-order chi connectivity index (χ0) is 12.7. The van der Waals surface area contributed by atoms with E-state index in [2.05, 4.69) is 34.5 Å². The Hall–Kier alpha value is -0.860. The van der Waals surface area contributed by atoms with Gasteiger partial charge in [-0.1, -0.05) is 24.3 Å². The minimum atomic E-state index is 0.794. The van der Waals surface area contributed by atoms with Gasteiger partial charge in [-0.25, -0.2) is 0 Å². The molecule has 0 amide bonds. The number of aryl methyl sites for hydroxylation is 1. The molecule has 2 heterocycles. The van der Waals surface area contributed by atoms with Gasteiger partial charge in [0.15, 0.2) is 0 Å². The van der Waals surface area contributed by atoms with Crippen LogP contribution in [-0.4, -0.2) is 36.6 Å². The number of piperidine rings is 1. The molecule has 19 heavy (non-hydrogen) atoms. The molecule has 2 heteroatoms. The third kappa shape index (κ3) is 2.11. The number of nitrogens with zero attached hydrogens (tertiary/aromatic N) is 1. The Labute approximate surface area is 116 Å². The van der Waals surface area contributed by atoms with Crippen molar-refractivity contribution in [2.75, 3.05) is 19.6 Å². The first-order chi connectivity index (χ1) is 9.42. The van der Waals surface area contributed by atoms with E-state index in [-0.39, 0.29) is 0 Å². The molecule has 1 aromatic carbocycles. The first-order valence-corrected chi connectivity index (χ1v) is 7.95. The van der Waals surface area contributed by atoms with Crippen molar-refractivity contribution in [1.29, 1.82) is 0 Å². The molecule has 0 bridgehead atoms. The molecule has 0 spiro atoms. The molecule has 1 aromatic rings. The molecular weight excluding hydrogens is 232 g/mol. The molecule has 2 saturated heterocycles. The summed E-state index contributed by atoms with van der Waals surface area (Å²) >= 11 is 0. The Bertz CT molecular complexity index is 456. The Morgan fingerprint density at radius 2 is 1.95 bits per heavy atom. The van der Waals surface area contributed by atoms with Crippen LogP contribution >= 0.6 is 0 Å². The van der Waals surface area contributed by atoms with Gasteiger partial charge < -0.3 is 5.32 Å². The molecule has 0 radical (unpaired) electrons. The van der Waals surface area contributed by atoms with Gasteiger partial charge in [0.25, 0.3) is 0 Å². The number of nitrogens with one attached hydrogen (secondary N) is 1. The van der Waals surface area contributed by atoms with Crippen LogP contribution in [0.15, 0.2) is 24.3 Å². The van der Waals surface area contributed by atoms with E-state index in [0.717, 1.165) is 18.0 Å². The Morgan fingerprint density at radius 1 is 1.05 bits per heavy atom. The number of rotatable bonds is 1. The van der Waals surface area contributed by atoms with Crippen molar-refractivity contribution in [1.82, 2.24) is 10.2 Å². The number of hydrogen-bond acceptors (Lipinski definition) is 2. The molecule has 2 fully saturated rings. The van der Waals surface area contributed by atoms with E-state index in [1.165, 1.54) is 51.7 Å². The van der Waals surface area contributed by atoms with E-state index in [4.69, 9.17) is 0 Å². The molecule has 2 aliphatic heterocycles. The molecule has 3 atom stereocenters. The zero-order valence-corrected chi connectivity index (χ0v) is 11.6. The number of benzene rings is 1. The van der Waals surface area contributed by atoms with Gasteiger partial charge in [0.1, 0.15) is 0 Å². The molecule has 2 nitrogen and oxygen atoms in total. The fourth-order valence-corrected chi connectivity index (χ4v) is 4.52. The maximum atomic E-state index is 3.61. The van der Waals surface area contributed by atoms with Crippen molar-refractivity contribution < 1.29 is 0 Å². The lowest BCUT2D eigenvalue weighted by Gasteiger charge is -2.44. The first kappa shape index (κ1) is 11.9. The van der Waals surface area contributed by atoms with Crippen LogP contribution in [0.1, 0.15) is 30.4 Å². The summed E-state index contributed by atoms with van der Waals surface area (Å²) in [6.07, 6.45) is 6.76. The highest BCUT2D eigenvalue weighted by molar-refractivity contribution is 5.30. The maximum Gasteiger partial charge on any atom is 0.0264 e. The van der Waals surface area contributed by atoms with Crippen LogP contribution in [0.3, 0.4) is 0 Å². The molecule has 4 rings (SSSR count). The van der Waals surface area contributed by atoms with Crippen LogP contribution in [-0.2, 0) is 12.8 Å². The number of likely N-dealkylation sites (tertiary alicyclic amines) is 1. The van der Waals surface area contributed by atoms with E-state index in [9.17, 15) is 0 Å². The smallest absolute Gasteiger partial charge is 0.0264 e. The van der Waals surface area contributed by atoms with Gasteiger partial charge in [-0.2, -0.15) is 0 Å². The normalized spacial score (nSPS) is 34.8. The van der Waals surface area contributed by atoms with Crippen LogP contribution < -0.4 is 5.32 Å². The van der Waals surface area contributed by atoms with Gasteiger partial charge in [-0.3, -0.25) is 4.90 Å². The fraction of sp³-hybridized carbons (Fsp3) is 0.647. The third-order valence-electron chi connectivity index (χ3n) is 5.51. The van der Waals surface area contributed by atoms with Crippen LogP contribution in [0.5, 0.6) is 0 Å². The SMILES string of the molecule is c1ccc2c(c1)CCC(N1CCCC3CNCC31)C2. The third-order valence-corrected chi connectivity index (χ3v) is 5.51. The van der Waals surface area contributed by atoms with Crippen molar-refractivity contribution in [2.24, 2.45) is 5.92 Å². The van der Waals surface area contributed by atoms with Gasteiger partial charge in [0.2, 0.25) is 0 Å². The molecular formula is C17H24N2. The Balaban J connectivity index is 1.54. The average molecular weight is 256 g/mol. The minimum Gasteiger partial charge on any atom is -0.315 e. The second-order valence-corrected chi connectivity index (χ2v) is 6.53. The average Bonchev–Trinajstić information content (AvgIpc) is 2.95. The lowest BCUT2D eigenvalue weighted by molar-refractivity contribution is 0.0699. The molecule has 102 valence electrons. The molecule has 3 aliphatic rings. The highest BCUT2D eigenvalue weighted by Crippen LogP contribution is 2.32. The Kier molecular flexibility index (Phi) is 3.08. The number of fused-ring (bicyclic) bond motifs is 2. The summed E-state index contributed by atoms with van der Waals surface area (Å²) in [5.41, 5.74) is 3.20. The van der Waals surface area contributed by atoms with Crippen LogP contribution in [0.2, 0.25) is 0 Å². The van der Waals surface area contributed by atoms with Crippen molar-refractivity contribution in [2.45, 2.75) is 44.2 Å². The quantitative estimate of drug-likeness (QED) is 0.829. The summed E-state index contributed by atoms with van der Waals surface area (Å²) in [6.45, 7) is 3.81. The summed E-state index contributed by atoms with van der Waals surface area (Å²) in [5, 5.41) is 3.61. The maximum absolute atomic E-state index is 3.61. The van der Waals surface area contributed by atoms with Crippen molar-refractivity contribution in [3.63, 3.8) is 0 Å². The zero-order valence-electron chi connectivity index (χ0n) is 11.6. The second kappa shape index (κ2) is 4.92. The van der Waals surface area contributed by atoms with Crippen molar-refractivity contribution >= 4 is 0 Å². The van der Waals surface area contributed by atoms with Gasteiger partial charge in [0, 0.05) is 18.6 Å². The van der Waals surface area contributed by atoms with E-state index >= 15 is 0 Å². The van der Waals surface area contributed by atoms with Gasteiger partial charge in [-0.15, -0.1) is 0 Å². The summed E-state index contributed by atoms with van der Waals surface area (Å²) < 4.78 is 0. The summed E-state index contributed by atoms with van der Waals surface area (Å²) in [5.74, 6) is 0.922. The van der Waals surface area contributed by atoms with E-state index in [1.54, 1.807) is 11.1 Å². The van der Waals surface area contributed by atoms with E-state index in [1.807, 2.05) is 0 Å². The largest absolute Gasteiger partial charge is 0.315 e. The predicted molar refractivity (Wildman–Crippen MR) is 78.3 cm³/mol. The second-order valence-electron chi connectivity index (χ2n) is 6.53. The standard InChI is InChI=1S/C17H24N2/c1-2-5-14-10-16(8-7-13(14)4-1)19-9-3-6-15-11-18-12-17(15)19/h1-2,4-5,15-18H,3,6-12H2. The van der Waals surface area contributed by atoms with Gasteiger partial charge >= 0.3 is 0 Å². The van der Waals surface area contributed by atoms with Crippen LogP contribution in [0, 0.1) is 5.92 Å². The van der Waals surface area contributed by atoms with Crippen LogP contribution in [0.4, 0.5) is 0 Å².